The van der Waals surface area contributed by atoms with Gasteiger partial charge in [-0.25, -0.2) is 0 Å². The van der Waals surface area contributed by atoms with Crippen molar-refractivity contribution in [1.29, 1.82) is 0 Å². The summed E-state index contributed by atoms with van der Waals surface area (Å²) in [6.07, 6.45) is 3.69. The third kappa shape index (κ3) is 1.99. The van der Waals surface area contributed by atoms with Crippen molar-refractivity contribution >= 4 is 0 Å². The van der Waals surface area contributed by atoms with Crippen molar-refractivity contribution in [3.05, 3.63) is 18.0 Å². The van der Waals surface area contributed by atoms with E-state index >= 15 is 0 Å². The number of aliphatic hydroxyl groups excluding tert-OH is 1. The Morgan fingerprint density at radius 1 is 1.47 bits per heavy atom. The van der Waals surface area contributed by atoms with Gasteiger partial charge in [0.15, 0.2) is 5.79 Å². The fourth-order valence-electron chi connectivity index (χ4n) is 2.76. The Morgan fingerprint density at radius 2 is 2.24 bits per heavy atom. The second-order valence-corrected chi connectivity index (χ2v) is 4.92. The van der Waals surface area contributed by atoms with Crippen LogP contribution in [0.5, 0.6) is 0 Å². The largest absolute Gasteiger partial charge is 0.391 e. The first-order chi connectivity index (χ1) is 8.19. The van der Waals surface area contributed by atoms with E-state index in [0.29, 0.717) is 26.1 Å². The van der Waals surface area contributed by atoms with Crippen molar-refractivity contribution < 1.29 is 14.6 Å². The Morgan fingerprint density at radius 3 is 2.88 bits per heavy atom. The lowest BCUT2D eigenvalue weighted by molar-refractivity contribution is -0.200. The van der Waals surface area contributed by atoms with E-state index in [9.17, 15) is 5.11 Å². The topological polar surface area (TPSA) is 56.5 Å². The second-order valence-electron chi connectivity index (χ2n) is 4.92. The highest BCUT2D eigenvalue weighted by Gasteiger charge is 2.45. The maximum Gasteiger partial charge on any atom is 0.170 e. The molecule has 17 heavy (non-hydrogen) atoms. The molecule has 1 aromatic rings. The van der Waals surface area contributed by atoms with Crippen LogP contribution in [0.3, 0.4) is 0 Å². The van der Waals surface area contributed by atoms with E-state index in [4.69, 9.17) is 9.47 Å². The number of nitrogens with zero attached hydrogens (tertiary/aromatic N) is 2. The SMILES string of the molecule is Cc1ccn(C2CC3(CCC2O)OCCO3)n1. The minimum Gasteiger partial charge on any atom is -0.391 e. The van der Waals surface area contributed by atoms with E-state index in [2.05, 4.69) is 5.10 Å². The van der Waals surface area contributed by atoms with E-state index in [0.717, 1.165) is 12.1 Å². The predicted octanol–water partition coefficient (Wildman–Crippen LogP) is 1.02. The first kappa shape index (κ1) is 11.2. The van der Waals surface area contributed by atoms with Gasteiger partial charge in [0, 0.05) is 19.0 Å². The van der Waals surface area contributed by atoms with Crippen LogP contribution >= 0.6 is 0 Å². The molecule has 1 aliphatic carbocycles. The highest BCUT2D eigenvalue weighted by molar-refractivity contribution is 4.99. The minimum atomic E-state index is -0.482. The highest BCUT2D eigenvalue weighted by Crippen LogP contribution is 2.40. The first-order valence-electron chi connectivity index (χ1n) is 6.16. The molecule has 5 nitrogen and oxygen atoms in total. The molecule has 0 bridgehead atoms. The first-order valence-corrected chi connectivity index (χ1v) is 6.16. The average Bonchev–Trinajstić information content (AvgIpc) is 2.92. The van der Waals surface area contributed by atoms with E-state index in [-0.39, 0.29) is 12.1 Å². The maximum atomic E-state index is 10.1. The molecule has 1 N–H and O–H groups in total. The third-order valence-electron chi connectivity index (χ3n) is 3.68. The Bertz CT molecular complexity index is 398. The van der Waals surface area contributed by atoms with Gasteiger partial charge in [0.2, 0.25) is 0 Å². The summed E-state index contributed by atoms with van der Waals surface area (Å²) in [5.74, 6) is -0.482. The van der Waals surface area contributed by atoms with Crippen LogP contribution in [0, 0.1) is 6.92 Å². The fourth-order valence-corrected chi connectivity index (χ4v) is 2.76. The van der Waals surface area contributed by atoms with Gasteiger partial charge in [-0.05, 0) is 19.4 Å². The molecule has 94 valence electrons. The van der Waals surface area contributed by atoms with E-state index < -0.39 is 5.79 Å². The van der Waals surface area contributed by atoms with Gasteiger partial charge in [-0.2, -0.15) is 5.10 Å². The molecule has 2 aliphatic rings. The van der Waals surface area contributed by atoms with Gasteiger partial charge in [0.05, 0.1) is 31.1 Å². The average molecular weight is 238 g/mol. The summed E-state index contributed by atoms with van der Waals surface area (Å²) in [6.45, 7) is 3.26. The lowest BCUT2D eigenvalue weighted by atomic mass is 9.87. The molecule has 2 heterocycles. The quantitative estimate of drug-likeness (QED) is 0.793. The lowest BCUT2D eigenvalue weighted by Gasteiger charge is -2.39. The van der Waals surface area contributed by atoms with Crippen LogP contribution in [0.1, 0.15) is 31.0 Å². The van der Waals surface area contributed by atoms with Gasteiger partial charge in [-0.3, -0.25) is 4.68 Å². The number of aryl methyl sites for hydroxylation is 1. The maximum absolute atomic E-state index is 10.1. The summed E-state index contributed by atoms with van der Waals surface area (Å²) in [5.41, 5.74) is 0.963. The van der Waals surface area contributed by atoms with Crippen molar-refractivity contribution in [1.82, 2.24) is 9.78 Å². The van der Waals surface area contributed by atoms with E-state index in [1.807, 2.05) is 23.9 Å². The standard InChI is InChI=1S/C12H18N2O3/c1-9-3-5-14(13-9)10-8-12(4-2-11(10)15)16-6-7-17-12/h3,5,10-11,15H,2,4,6-8H2,1H3. The molecule has 1 spiro atoms. The summed E-state index contributed by atoms with van der Waals surface area (Å²) in [5, 5.41) is 14.5. The van der Waals surface area contributed by atoms with Gasteiger partial charge in [-0.15, -0.1) is 0 Å². The van der Waals surface area contributed by atoms with Crippen molar-refractivity contribution in [2.45, 2.75) is 44.1 Å². The second kappa shape index (κ2) is 4.08. The monoisotopic (exact) mass is 238 g/mol. The molecule has 2 atom stereocenters. The number of aromatic nitrogens is 2. The zero-order valence-corrected chi connectivity index (χ0v) is 10.0. The summed E-state index contributed by atoms with van der Waals surface area (Å²) >= 11 is 0. The molecule has 2 unspecified atom stereocenters. The van der Waals surface area contributed by atoms with Gasteiger partial charge in [0.1, 0.15) is 0 Å². The summed E-state index contributed by atoms with van der Waals surface area (Å²) in [4.78, 5) is 0. The lowest BCUT2D eigenvalue weighted by Crippen LogP contribution is -2.43. The molecule has 1 saturated heterocycles. The Kier molecular flexibility index (Phi) is 2.69. The molecule has 0 radical (unpaired) electrons. The van der Waals surface area contributed by atoms with Crippen LogP contribution < -0.4 is 0 Å². The van der Waals surface area contributed by atoms with Gasteiger partial charge >= 0.3 is 0 Å². The Labute approximate surface area is 100 Å². The van der Waals surface area contributed by atoms with Crippen molar-refractivity contribution in [2.75, 3.05) is 13.2 Å². The highest BCUT2D eigenvalue weighted by atomic mass is 16.7. The number of ether oxygens (including phenoxy) is 2. The van der Waals surface area contributed by atoms with Crippen LogP contribution in [-0.2, 0) is 9.47 Å². The summed E-state index contributed by atoms with van der Waals surface area (Å²) in [7, 11) is 0. The smallest absolute Gasteiger partial charge is 0.170 e. The number of hydrogen-bond donors (Lipinski definition) is 1. The van der Waals surface area contributed by atoms with E-state index in [1.54, 1.807) is 0 Å². The van der Waals surface area contributed by atoms with Crippen LogP contribution in [-0.4, -0.2) is 40.0 Å². The molecular formula is C12H18N2O3. The number of rotatable bonds is 1. The molecule has 1 saturated carbocycles. The number of hydrogen-bond acceptors (Lipinski definition) is 4. The summed E-state index contributed by atoms with van der Waals surface area (Å²) < 4.78 is 13.3. The fraction of sp³-hybridized carbons (Fsp3) is 0.750. The van der Waals surface area contributed by atoms with Gasteiger partial charge < -0.3 is 14.6 Å². The number of aliphatic hydroxyl groups is 1. The van der Waals surface area contributed by atoms with Crippen molar-refractivity contribution in [2.24, 2.45) is 0 Å². The molecule has 2 fully saturated rings. The Hall–Kier alpha value is -0.910. The van der Waals surface area contributed by atoms with Crippen molar-refractivity contribution in [3.8, 4) is 0 Å². The zero-order valence-electron chi connectivity index (χ0n) is 10.0. The summed E-state index contributed by atoms with van der Waals surface area (Å²) in [6, 6.07) is 1.90. The van der Waals surface area contributed by atoms with Crippen LogP contribution in [0.15, 0.2) is 12.3 Å². The molecule has 1 aliphatic heterocycles. The third-order valence-corrected chi connectivity index (χ3v) is 3.68. The molecule has 5 heteroatoms. The van der Waals surface area contributed by atoms with Crippen LogP contribution in [0.25, 0.3) is 0 Å². The van der Waals surface area contributed by atoms with E-state index in [1.165, 1.54) is 0 Å². The zero-order chi connectivity index (χ0) is 11.9. The van der Waals surface area contributed by atoms with Crippen molar-refractivity contribution in [3.63, 3.8) is 0 Å². The molecular weight excluding hydrogens is 220 g/mol. The molecule has 0 aromatic carbocycles. The van der Waals surface area contributed by atoms with Gasteiger partial charge in [-0.1, -0.05) is 0 Å². The Balaban J connectivity index is 1.82. The normalized spacial score (nSPS) is 32.1. The van der Waals surface area contributed by atoms with Gasteiger partial charge in [0.25, 0.3) is 0 Å². The van der Waals surface area contributed by atoms with Crippen LogP contribution in [0.2, 0.25) is 0 Å². The molecule has 0 amide bonds. The predicted molar refractivity (Wildman–Crippen MR) is 60.5 cm³/mol. The minimum absolute atomic E-state index is 0.0458. The van der Waals surface area contributed by atoms with Crippen LogP contribution in [0.4, 0.5) is 0 Å². The molecule has 3 rings (SSSR count). The molecule has 1 aromatic heterocycles.